The lowest BCUT2D eigenvalue weighted by Gasteiger charge is -2.29. The quantitative estimate of drug-likeness (QED) is 0.352. The van der Waals surface area contributed by atoms with Gasteiger partial charge >= 0.3 is 0 Å². The third-order valence-corrected chi connectivity index (χ3v) is 2.50. The molecule has 0 radical (unpaired) electrons. The van der Waals surface area contributed by atoms with Crippen molar-refractivity contribution in [2.45, 2.75) is 12.8 Å². The van der Waals surface area contributed by atoms with E-state index < -0.39 is 35.0 Å². The van der Waals surface area contributed by atoms with Crippen molar-refractivity contribution >= 4 is 23.1 Å². The Morgan fingerprint density at radius 3 is 1.17 bits per heavy atom. The maximum atomic E-state index is 11.0. The summed E-state index contributed by atoms with van der Waals surface area (Å²) in [5.74, 6) is -4.50. The van der Waals surface area contributed by atoms with Crippen molar-refractivity contribution < 1.29 is 19.2 Å². The van der Waals surface area contributed by atoms with E-state index in [0.717, 1.165) is 0 Å². The summed E-state index contributed by atoms with van der Waals surface area (Å²) in [6.45, 7) is 0. The first-order valence-corrected chi connectivity index (χ1v) is 3.79. The predicted octanol–water partition coefficient (Wildman–Crippen LogP) is -0.697. The molecular weight excluding hydrogens is 160 g/mol. The van der Waals surface area contributed by atoms with Crippen molar-refractivity contribution in [1.82, 2.24) is 0 Å². The van der Waals surface area contributed by atoms with Crippen molar-refractivity contribution in [3.05, 3.63) is 0 Å². The molecule has 3 aliphatic rings. The summed E-state index contributed by atoms with van der Waals surface area (Å²) in [6, 6.07) is 0. The highest BCUT2D eigenvalue weighted by atomic mass is 16.2. The van der Waals surface area contributed by atoms with Crippen LogP contribution in [0.1, 0.15) is 12.8 Å². The van der Waals surface area contributed by atoms with Crippen LogP contribution in [0.3, 0.4) is 0 Å². The molecule has 0 aliphatic heterocycles. The fourth-order valence-corrected chi connectivity index (χ4v) is 1.78. The zero-order chi connectivity index (χ0) is 8.88. The molecule has 62 valence electrons. The number of Topliss-reactive ketones (excluding diaryl/α,β-unsaturated/α-hetero) is 4. The summed E-state index contributed by atoms with van der Waals surface area (Å²) in [4.78, 5) is 44.1. The largest absolute Gasteiger partial charge is 0.290 e. The molecule has 0 aromatic carbocycles. The zero-order valence-electron chi connectivity index (χ0n) is 6.20. The summed E-state index contributed by atoms with van der Waals surface area (Å²) in [6.07, 6.45) is 0.750. The van der Waals surface area contributed by atoms with E-state index in [0.29, 0.717) is 12.8 Å². The maximum Gasteiger partial charge on any atom is 0.210 e. The van der Waals surface area contributed by atoms with E-state index in [9.17, 15) is 19.2 Å². The van der Waals surface area contributed by atoms with E-state index in [4.69, 9.17) is 0 Å². The van der Waals surface area contributed by atoms with Gasteiger partial charge in [-0.15, -0.1) is 0 Å². The van der Waals surface area contributed by atoms with Gasteiger partial charge in [0, 0.05) is 0 Å². The highest BCUT2D eigenvalue weighted by Crippen LogP contribution is 2.31. The Balaban J connectivity index is 2.48. The molecule has 0 unspecified atom stereocenters. The van der Waals surface area contributed by atoms with Crippen LogP contribution in [0.4, 0.5) is 0 Å². The van der Waals surface area contributed by atoms with Crippen LogP contribution in [-0.4, -0.2) is 23.1 Å². The SMILES string of the molecule is O=C1C(=O)C2CCC1C(=O)C2=O. The van der Waals surface area contributed by atoms with Crippen molar-refractivity contribution in [3.8, 4) is 0 Å². The predicted molar refractivity (Wildman–Crippen MR) is 36.2 cm³/mol. The van der Waals surface area contributed by atoms with Gasteiger partial charge < -0.3 is 0 Å². The molecule has 2 bridgehead atoms. The third-order valence-electron chi connectivity index (χ3n) is 2.50. The zero-order valence-corrected chi connectivity index (χ0v) is 6.20. The van der Waals surface area contributed by atoms with E-state index in [2.05, 4.69) is 0 Å². The van der Waals surface area contributed by atoms with Crippen molar-refractivity contribution in [2.24, 2.45) is 11.8 Å². The molecule has 4 nitrogen and oxygen atoms in total. The number of carbonyl (C=O) groups is 4. The molecule has 0 aromatic rings. The second kappa shape index (κ2) is 2.09. The van der Waals surface area contributed by atoms with Crippen molar-refractivity contribution in [2.75, 3.05) is 0 Å². The van der Waals surface area contributed by atoms with Crippen LogP contribution < -0.4 is 0 Å². The van der Waals surface area contributed by atoms with Gasteiger partial charge in [0.2, 0.25) is 23.1 Å². The lowest BCUT2D eigenvalue weighted by atomic mass is 9.68. The topological polar surface area (TPSA) is 68.3 Å². The van der Waals surface area contributed by atoms with E-state index in [-0.39, 0.29) is 0 Å². The van der Waals surface area contributed by atoms with E-state index in [1.807, 2.05) is 0 Å². The second-order valence-corrected chi connectivity index (χ2v) is 3.14. The van der Waals surface area contributed by atoms with Gasteiger partial charge in [-0.1, -0.05) is 0 Å². The van der Waals surface area contributed by atoms with E-state index in [1.165, 1.54) is 0 Å². The second-order valence-electron chi connectivity index (χ2n) is 3.14. The lowest BCUT2D eigenvalue weighted by molar-refractivity contribution is -0.159. The summed E-state index contributed by atoms with van der Waals surface area (Å²) < 4.78 is 0. The molecule has 0 saturated heterocycles. The Morgan fingerprint density at radius 1 is 0.667 bits per heavy atom. The van der Waals surface area contributed by atoms with Crippen LogP contribution >= 0.6 is 0 Å². The Hall–Kier alpha value is -1.32. The monoisotopic (exact) mass is 166 g/mol. The number of hydrogen-bond acceptors (Lipinski definition) is 4. The summed E-state index contributed by atoms with van der Waals surface area (Å²) >= 11 is 0. The Morgan fingerprint density at radius 2 is 0.917 bits per heavy atom. The smallest absolute Gasteiger partial charge is 0.210 e. The number of ketones is 4. The molecule has 0 atom stereocenters. The number of rotatable bonds is 0. The third kappa shape index (κ3) is 0.668. The first kappa shape index (κ1) is 7.34. The van der Waals surface area contributed by atoms with Gasteiger partial charge in [0.05, 0.1) is 11.8 Å². The molecule has 3 saturated carbocycles. The molecular formula is C8H6O4. The average Bonchev–Trinajstić information content (AvgIpc) is 2.05. The van der Waals surface area contributed by atoms with E-state index in [1.54, 1.807) is 0 Å². The molecule has 3 fully saturated rings. The van der Waals surface area contributed by atoms with Crippen molar-refractivity contribution in [3.63, 3.8) is 0 Å². The van der Waals surface area contributed by atoms with E-state index >= 15 is 0 Å². The van der Waals surface area contributed by atoms with Gasteiger partial charge in [0.1, 0.15) is 0 Å². The molecule has 3 rings (SSSR count). The maximum absolute atomic E-state index is 11.0. The molecule has 0 heterocycles. The van der Waals surface area contributed by atoms with Gasteiger partial charge in [-0.2, -0.15) is 0 Å². The fraction of sp³-hybridized carbons (Fsp3) is 0.500. The molecule has 4 heteroatoms. The molecule has 0 amide bonds. The van der Waals surface area contributed by atoms with Gasteiger partial charge in [0.15, 0.2) is 0 Å². The average molecular weight is 166 g/mol. The van der Waals surface area contributed by atoms with Gasteiger partial charge in [-0.3, -0.25) is 19.2 Å². The van der Waals surface area contributed by atoms with Crippen LogP contribution in [0.2, 0.25) is 0 Å². The standard InChI is InChI=1S/C8H6O4/c9-5-3-1-2-4(7(5)11)8(12)6(3)10/h3-4H,1-2H2. The highest BCUT2D eigenvalue weighted by Gasteiger charge is 2.52. The molecule has 0 aromatic heterocycles. The Kier molecular flexibility index (Phi) is 1.28. The van der Waals surface area contributed by atoms with Gasteiger partial charge in [-0.25, -0.2) is 0 Å². The summed E-state index contributed by atoms with van der Waals surface area (Å²) in [5, 5.41) is 0. The van der Waals surface area contributed by atoms with Gasteiger partial charge in [-0.05, 0) is 12.8 Å². The minimum Gasteiger partial charge on any atom is -0.290 e. The lowest BCUT2D eigenvalue weighted by Crippen LogP contribution is -2.52. The van der Waals surface area contributed by atoms with Crippen LogP contribution in [0, 0.1) is 11.8 Å². The molecule has 12 heavy (non-hydrogen) atoms. The van der Waals surface area contributed by atoms with Crippen LogP contribution in [0.25, 0.3) is 0 Å². The Bertz CT molecular complexity index is 255. The molecule has 0 spiro atoms. The van der Waals surface area contributed by atoms with Crippen LogP contribution in [-0.2, 0) is 19.2 Å². The first-order valence-electron chi connectivity index (χ1n) is 3.79. The first-order chi connectivity index (χ1) is 5.63. The highest BCUT2D eigenvalue weighted by molar-refractivity contribution is 6.61. The number of fused-ring (bicyclic) bond motifs is 3. The van der Waals surface area contributed by atoms with Gasteiger partial charge in [0.25, 0.3) is 0 Å². The molecule has 3 aliphatic carbocycles. The number of carbonyl (C=O) groups excluding carboxylic acids is 4. The minimum absolute atomic E-state index is 0.375. The Labute approximate surface area is 67.9 Å². The fourth-order valence-electron chi connectivity index (χ4n) is 1.78. The number of hydrogen-bond donors (Lipinski definition) is 0. The minimum atomic E-state index is -0.935. The van der Waals surface area contributed by atoms with Crippen molar-refractivity contribution in [1.29, 1.82) is 0 Å². The normalized spacial score (nSPS) is 34.7. The molecule has 0 N–H and O–H groups in total. The summed E-state index contributed by atoms with van der Waals surface area (Å²) in [7, 11) is 0. The van der Waals surface area contributed by atoms with Crippen LogP contribution in [0.5, 0.6) is 0 Å². The van der Waals surface area contributed by atoms with Crippen LogP contribution in [0.15, 0.2) is 0 Å². The summed E-state index contributed by atoms with van der Waals surface area (Å²) in [5.41, 5.74) is 0.